The first-order chi connectivity index (χ1) is 17.9. The SMILES string of the molecule is Cc1cccc(C(C(=O)NCc2ccccc2)N(C(=O)C(NC(=O)OC(C)(C)C)C(C)C)C2CCC2)c1O. The van der Waals surface area contributed by atoms with Crippen molar-refractivity contribution >= 4 is 17.9 Å². The van der Waals surface area contributed by atoms with Crippen LogP contribution in [0.3, 0.4) is 0 Å². The van der Waals surface area contributed by atoms with Gasteiger partial charge in [-0.25, -0.2) is 4.79 Å². The van der Waals surface area contributed by atoms with E-state index >= 15 is 0 Å². The minimum atomic E-state index is -1.07. The van der Waals surface area contributed by atoms with Crippen LogP contribution in [0.1, 0.15) is 76.6 Å². The number of alkyl carbamates (subject to hydrolysis) is 1. The van der Waals surface area contributed by atoms with Crippen molar-refractivity contribution in [1.29, 1.82) is 0 Å². The van der Waals surface area contributed by atoms with Crippen LogP contribution in [0.25, 0.3) is 0 Å². The van der Waals surface area contributed by atoms with Gasteiger partial charge < -0.3 is 25.4 Å². The Morgan fingerprint density at radius 1 is 1.05 bits per heavy atom. The zero-order valence-corrected chi connectivity index (χ0v) is 23.3. The predicted molar refractivity (Wildman–Crippen MR) is 146 cm³/mol. The normalized spacial score (nSPS) is 15.2. The molecule has 206 valence electrons. The summed E-state index contributed by atoms with van der Waals surface area (Å²) >= 11 is 0. The molecule has 3 rings (SSSR count). The van der Waals surface area contributed by atoms with Gasteiger partial charge in [-0.15, -0.1) is 0 Å². The number of phenolic OH excluding ortho intramolecular Hbond substituents is 1. The molecule has 0 radical (unpaired) electrons. The van der Waals surface area contributed by atoms with Gasteiger partial charge in [0, 0.05) is 18.2 Å². The second-order valence-electron chi connectivity index (χ2n) is 11.3. The van der Waals surface area contributed by atoms with Crippen molar-refractivity contribution < 1.29 is 24.2 Å². The molecular formula is C30H41N3O5. The van der Waals surface area contributed by atoms with E-state index < -0.39 is 29.7 Å². The fourth-order valence-corrected chi connectivity index (χ4v) is 4.49. The van der Waals surface area contributed by atoms with Gasteiger partial charge in [0.25, 0.3) is 0 Å². The first-order valence-electron chi connectivity index (χ1n) is 13.3. The lowest BCUT2D eigenvalue weighted by atomic mass is 9.87. The summed E-state index contributed by atoms with van der Waals surface area (Å²) in [5.74, 6) is -1.06. The molecule has 1 fully saturated rings. The Balaban J connectivity index is 2.00. The van der Waals surface area contributed by atoms with Gasteiger partial charge in [0.1, 0.15) is 23.4 Å². The van der Waals surface area contributed by atoms with E-state index in [0.717, 1.165) is 24.8 Å². The molecule has 8 nitrogen and oxygen atoms in total. The lowest BCUT2D eigenvalue weighted by molar-refractivity contribution is -0.148. The van der Waals surface area contributed by atoms with Crippen molar-refractivity contribution in [3.63, 3.8) is 0 Å². The number of amides is 3. The molecule has 0 aliphatic heterocycles. The van der Waals surface area contributed by atoms with Crippen LogP contribution in [0.4, 0.5) is 4.79 Å². The van der Waals surface area contributed by atoms with E-state index in [1.54, 1.807) is 50.8 Å². The smallest absolute Gasteiger partial charge is 0.408 e. The van der Waals surface area contributed by atoms with Crippen LogP contribution >= 0.6 is 0 Å². The second kappa shape index (κ2) is 12.3. The molecule has 0 saturated heterocycles. The van der Waals surface area contributed by atoms with Crippen LogP contribution in [0.5, 0.6) is 5.75 Å². The number of hydrogen-bond acceptors (Lipinski definition) is 5. The number of aryl methyl sites for hydroxylation is 1. The van der Waals surface area contributed by atoms with Crippen LogP contribution in [-0.2, 0) is 20.9 Å². The largest absolute Gasteiger partial charge is 0.507 e. The average Bonchev–Trinajstić information content (AvgIpc) is 2.81. The molecule has 8 heteroatoms. The van der Waals surface area contributed by atoms with E-state index in [2.05, 4.69) is 10.6 Å². The summed E-state index contributed by atoms with van der Waals surface area (Å²) in [7, 11) is 0. The molecule has 3 N–H and O–H groups in total. The van der Waals surface area contributed by atoms with Crippen LogP contribution in [0.2, 0.25) is 0 Å². The number of phenols is 1. The molecule has 1 aliphatic carbocycles. The van der Waals surface area contributed by atoms with Crippen LogP contribution in [0.15, 0.2) is 48.5 Å². The van der Waals surface area contributed by atoms with E-state index in [1.165, 1.54) is 0 Å². The Kier molecular flexibility index (Phi) is 9.41. The average molecular weight is 524 g/mol. The molecule has 3 amide bonds. The van der Waals surface area contributed by atoms with Crippen LogP contribution < -0.4 is 10.6 Å². The second-order valence-corrected chi connectivity index (χ2v) is 11.3. The molecule has 0 spiro atoms. The standard InChI is InChI=1S/C30H41N3O5/c1-19(2)24(32-29(37)38-30(4,5)6)28(36)33(22-15-11-16-22)25(23-17-10-12-20(3)26(23)34)27(35)31-18-21-13-8-7-9-14-21/h7-10,12-14,17,19,22,24-25,34H,11,15-16,18H2,1-6H3,(H,31,35)(H,32,37). The number of aromatic hydroxyl groups is 1. The molecule has 1 aliphatic rings. The summed E-state index contributed by atoms with van der Waals surface area (Å²) in [4.78, 5) is 42.3. The molecule has 0 heterocycles. The van der Waals surface area contributed by atoms with Gasteiger partial charge in [-0.05, 0) is 64.0 Å². The summed E-state index contributed by atoms with van der Waals surface area (Å²) in [6.07, 6.45) is 1.70. The molecule has 2 aromatic carbocycles. The maximum absolute atomic E-state index is 14.2. The highest BCUT2D eigenvalue weighted by Gasteiger charge is 2.43. The van der Waals surface area contributed by atoms with Crippen molar-refractivity contribution in [2.45, 2.75) is 91.1 Å². The fourth-order valence-electron chi connectivity index (χ4n) is 4.49. The van der Waals surface area contributed by atoms with Crippen molar-refractivity contribution in [3.05, 3.63) is 65.2 Å². The third kappa shape index (κ3) is 7.27. The zero-order valence-electron chi connectivity index (χ0n) is 23.3. The third-order valence-corrected chi connectivity index (χ3v) is 6.73. The van der Waals surface area contributed by atoms with Crippen molar-refractivity contribution in [3.8, 4) is 5.75 Å². The number of carbonyl (C=O) groups excluding carboxylic acids is 3. The van der Waals surface area contributed by atoms with E-state index in [1.807, 2.05) is 44.2 Å². The summed E-state index contributed by atoms with van der Waals surface area (Å²) < 4.78 is 5.42. The minimum absolute atomic E-state index is 0.0225. The lowest BCUT2D eigenvalue weighted by Gasteiger charge is -2.44. The first-order valence-corrected chi connectivity index (χ1v) is 13.3. The number of para-hydroxylation sites is 1. The monoisotopic (exact) mass is 523 g/mol. The van der Waals surface area contributed by atoms with Crippen molar-refractivity contribution in [2.24, 2.45) is 5.92 Å². The Labute approximate surface area is 225 Å². The van der Waals surface area contributed by atoms with Gasteiger partial charge in [-0.1, -0.05) is 62.4 Å². The molecule has 2 aromatic rings. The molecule has 1 saturated carbocycles. The molecule has 38 heavy (non-hydrogen) atoms. The van der Waals surface area contributed by atoms with Crippen molar-refractivity contribution in [1.82, 2.24) is 15.5 Å². The highest BCUT2D eigenvalue weighted by molar-refractivity contribution is 5.93. The molecular weight excluding hydrogens is 482 g/mol. The number of ether oxygens (including phenoxy) is 1. The Bertz CT molecular complexity index is 1120. The molecule has 0 aromatic heterocycles. The van der Waals surface area contributed by atoms with Gasteiger partial charge in [0.05, 0.1) is 0 Å². The van der Waals surface area contributed by atoms with Crippen molar-refractivity contribution in [2.75, 3.05) is 0 Å². The molecule has 2 unspecified atom stereocenters. The van der Waals surface area contributed by atoms with Gasteiger partial charge in [-0.3, -0.25) is 9.59 Å². The number of rotatable bonds is 9. The Hall–Kier alpha value is -3.55. The Morgan fingerprint density at radius 2 is 1.71 bits per heavy atom. The minimum Gasteiger partial charge on any atom is -0.507 e. The maximum atomic E-state index is 14.2. The number of carbonyl (C=O) groups is 3. The van der Waals surface area contributed by atoms with Gasteiger partial charge in [-0.2, -0.15) is 0 Å². The number of nitrogens with one attached hydrogen (secondary N) is 2. The summed E-state index contributed by atoms with van der Waals surface area (Å²) in [5.41, 5.74) is 1.16. The number of benzene rings is 2. The maximum Gasteiger partial charge on any atom is 0.408 e. The van der Waals surface area contributed by atoms with E-state index in [9.17, 15) is 19.5 Å². The van der Waals surface area contributed by atoms with Gasteiger partial charge in [0.2, 0.25) is 11.8 Å². The summed E-state index contributed by atoms with van der Waals surface area (Å²) in [6, 6.07) is 12.5. The zero-order chi connectivity index (χ0) is 28.0. The fraction of sp³-hybridized carbons (Fsp3) is 0.500. The summed E-state index contributed by atoms with van der Waals surface area (Å²) in [6.45, 7) is 11.0. The number of nitrogens with zero attached hydrogens (tertiary/aromatic N) is 1. The highest BCUT2D eigenvalue weighted by Crippen LogP contribution is 2.38. The highest BCUT2D eigenvalue weighted by atomic mass is 16.6. The van der Waals surface area contributed by atoms with E-state index in [-0.39, 0.29) is 30.2 Å². The van der Waals surface area contributed by atoms with Crippen LogP contribution in [-0.4, -0.2) is 45.6 Å². The topological polar surface area (TPSA) is 108 Å². The predicted octanol–water partition coefficient (Wildman–Crippen LogP) is 4.99. The first kappa shape index (κ1) is 29.0. The van der Waals surface area contributed by atoms with Gasteiger partial charge in [0.15, 0.2) is 0 Å². The van der Waals surface area contributed by atoms with Gasteiger partial charge >= 0.3 is 6.09 Å². The third-order valence-electron chi connectivity index (χ3n) is 6.73. The molecule has 0 bridgehead atoms. The van der Waals surface area contributed by atoms with E-state index in [0.29, 0.717) is 11.1 Å². The Morgan fingerprint density at radius 3 is 2.26 bits per heavy atom. The quantitative estimate of drug-likeness (QED) is 0.429. The number of hydrogen-bond donors (Lipinski definition) is 3. The molecule has 2 atom stereocenters. The lowest BCUT2D eigenvalue weighted by Crippen LogP contribution is -2.58. The summed E-state index contributed by atoms with van der Waals surface area (Å²) in [5, 5.41) is 16.7. The van der Waals surface area contributed by atoms with E-state index in [4.69, 9.17) is 4.74 Å². The van der Waals surface area contributed by atoms with Crippen LogP contribution in [0, 0.1) is 12.8 Å².